The molecule has 6 aromatic rings. The molecule has 10 heteroatoms. The second kappa shape index (κ2) is 7.70. The number of aromatic nitrogens is 7. The maximum Gasteiger partial charge on any atom is 0.161 e. The molecule has 2 N–H and O–H groups in total. The average Bonchev–Trinajstić information content (AvgIpc) is 3.56. The van der Waals surface area contributed by atoms with E-state index in [1.807, 2.05) is 37.2 Å². The monoisotopic (exact) mass is 470 g/mol. The summed E-state index contributed by atoms with van der Waals surface area (Å²) in [6, 6.07) is 7.80. The normalized spacial score (nSPS) is 11.5. The molecule has 0 saturated carbocycles. The van der Waals surface area contributed by atoms with Crippen LogP contribution in [0.25, 0.3) is 55.3 Å². The van der Waals surface area contributed by atoms with Gasteiger partial charge in [0, 0.05) is 36.9 Å². The van der Waals surface area contributed by atoms with E-state index in [1.165, 1.54) is 4.88 Å². The Hall–Kier alpha value is -4.18. The van der Waals surface area contributed by atoms with Crippen LogP contribution in [0.3, 0.4) is 0 Å². The Bertz CT molecular complexity index is 1680. The van der Waals surface area contributed by atoms with E-state index < -0.39 is 5.82 Å². The van der Waals surface area contributed by atoms with E-state index in [0.29, 0.717) is 33.5 Å². The van der Waals surface area contributed by atoms with E-state index in [2.05, 4.69) is 43.1 Å². The molecule has 0 aliphatic carbocycles. The van der Waals surface area contributed by atoms with Gasteiger partial charge in [-0.1, -0.05) is 0 Å². The molecule has 0 aliphatic heterocycles. The smallest absolute Gasteiger partial charge is 0.161 e. The van der Waals surface area contributed by atoms with Crippen molar-refractivity contribution < 1.29 is 4.39 Å². The number of nitrogens with one attached hydrogen (secondary N) is 2. The summed E-state index contributed by atoms with van der Waals surface area (Å²) in [5.74, 6) is -0.0216. The van der Waals surface area contributed by atoms with Crippen LogP contribution >= 0.6 is 11.3 Å². The summed E-state index contributed by atoms with van der Waals surface area (Å²) in [6.07, 6.45) is 6.64. The number of fused-ring (bicyclic) bond motifs is 2. The molecule has 0 saturated heterocycles. The minimum absolute atomic E-state index is 0.207. The first-order valence-electron chi connectivity index (χ1n) is 10.6. The molecule has 0 fully saturated rings. The van der Waals surface area contributed by atoms with Crippen LogP contribution in [-0.4, -0.2) is 49.2 Å². The minimum Gasteiger partial charge on any atom is -0.376 e. The van der Waals surface area contributed by atoms with Crippen molar-refractivity contribution in [3.8, 4) is 33.3 Å². The molecule has 0 bridgehead atoms. The fraction of sp³-hybridized carbons (Fsp3) is 0.125. The molecule has 0 aromatic carbocycles. The fourth-order valence-corrected chi connectivity index (χ4v) is 4.80. The van der Waals surface area contributed by atoms with E-state index in [9.17, 15) is 0 Å². The van der Waals surface area contributed by atoms with Crippen molar-refractivity contribution in [1.29, 1.82) is 0 Å². The lowest BCUT2D eigenvalue weighted by atomic mass is 10.1. The first-order chi connectivity index (χ1) is 16.5. The predicted molar refractivity (Wildman–Crippen MR) is 132 cm³/mol. The first-order valence-corrected chi connectivity index (χ1v) is 11.4. The van der Waals surface area contributed by atoms with Crippen LogP contribution < -0.4 is 4.90 Å². The number of halogens is 1. The van der Waals surface area contributed by atoms with Gasteiger partial charge >= 0.3 is 0 Å². The summed E-state index contributed by atoms with van der Waals surface area (Å²) >= 11 is 1.65. The minimum atomic E-state index is -0.480. The van der Waals surface area contributed by atoms with Crippen molar-refractivity contribution in [2.24, 2.45) is 0 Å². The molecule has 0 amide bonds. The van der Waals surface area contributed by atoms with Crippen molar-refractivity contribution in [2.45, 2.75) is 6.92 Å². The van der Waals surface area contributed by atoms with E-state index in [1.54, 1.807) is 36.1 Å². The number of aromatic amines is 2. The van der Waals surface area contributed by atoms with Crippen LogP contribution in [0.4, 0.5) is 10.1 Å². The summed E-state index contributed by atoms with van der Waals surface area (Å²) < 4.78 is 15.9. The number of imidazole rings is 1. The summed E-state index contributed by atoms with van der Waals surface area (Å²) in [5, 5.41) is 7.57. The molecule has 34 heavy (non-hydrogen) atoms. The molecular formula is C24H19FN8S. The van der Waals surface area contributed by atoms with E-state index in [0.717, 1.165) is 21.8 Å². The third kappa shape index (κ3) is 3.22. The van der Waals surface area contributed by atoms with Crippen LogP contribution in [-0.2, 0) is 0 Å². The van der Waals surface area contributed by atoms with Crippen molar-refractivity contribution in [3.63, 3.8) is 0 Å². The third-order valence-corrected chi connectivity index (χ3v) is 6.66. The second-order valence-corrected chi connectivity index (χ2v) is 9.45. The largest absolute Gasteiger partial charge is 0.376 e. The Balaban J connectivity index is 1.52. The number of thiophene rings is 1. The van der Waals surface area contributed by atoms with Crippen LogP contribution in [0.5, 0.6) is 0 Å². The van der Waals surface area contributed by atoms with Gasteiger partial charge < -0.3 is 9.88 Å². The Labute approximate surface area is 197 Å². The maximum absolute atomic E-state index is 15.9. The lowest BCUT2D eigenvalue weighted by molar-refractivity contribution is 0.638. The fourth-order valence-electron chi connectivity index (χ4n) is 3.94. The van der Waals surface area contributed by atoms with Crippen molar-refractivity contribution >= 4 is 39.0 Å². The van der Waals surface area contributed by atoms with Gasteiger partial charge in [-0.3, -0.25) is 20.1 Å². The Kier molecular flexibility index (Phi) is 4.63. The van der Waals surface area contributed by atoms with Crippen LogP contribution in [0.1, 0.15) is 4.88 Å². The first kappa shape index (κ1) is 20.4. The van der Waals surface area contributed by atoms with Crippen LogP contribution in [0.2, 0.25) is 0 Å². The predicted octanol–water partition coefficient (Wildman–Crippen LogP) is 5.20. The van der Waals surface area contributed by atoms with Crippen molar-refractivity contribution in [3.05, 3.63) is 59.7 Å². The van der Waals surface area contributed by atoms with Crippen LogP contribution in [0, 0.1) is 12.7 Å². The van der Waals surface area contributed by atoms with Gasteiger partial charge in [-0.05, 0) is 31.2 Å². The Morgan fingerprint density at radius 2 is 1.85 bits per heavy atom. The molecule has 0 aliphatic rings. The molecule has 6 heterocycles. The third-order valence-electron chi connectivity index (χ3n) is 5.66. The topological polar surface area (TPSA) is 99.3 Å². The van der Waals surface area contributed by atoms with E-state index in [4.69, 9.17) is 4.98 Å². The maximum atomic E-state index is 15.9. The zero-order valence-corrected chi connectivity index (χ0v) is 19.4. The highest BCUT2D eigenvalue weighted by Gasteiger charge is 2.22. The quantitative estimate of drug-likeness (QED) is 0.367. The molecule has 0 spiro atoms. The molecule has 0 unspecified atom stereocenters. The number of rotatable bonds is 4. The molecule has 8 nitrogen and oxygen atoms in total. The van der Waals surface area contributed by atoms with Gasteiger partial charge in [-0.25, -0.2) is 9.37 Å². The van der Waals surface area contributed by atoms with Gasteiger partial charge in [0.25, 0.3) is 0 Å². The van der Waals surface area contributed by atoms with Crippen molar-refractivity contribution in [1.82, 2.24) is 35.1 Å². The highest BCUT2D eigenvalue weighted by Crippen LogP contribution is 2.35. The highest BCUT2D eigenvalue weighted by atomic mass is 32.1. The Morgan fingerprint density at radius 1 is 0.971 bits per heavy atom. The summed E-state index contributed by atoms with van der Waals surface area (Å²) in [4.78, 5) is 25.3. The number of H-pyrrole nitrogens is 2. The lowest BCUT2D eigenvalue weighted by Crippen LogP contribution is -2.09. The second-order valence-electron chi connectivity index (χ2n) is 8.16. The number of pyridine rings is 3. The molecule has 0 atom stereocenters. The molecule has 0 radical (unpaired) electrons. The van der Waals surface area contributed by atoms with Gasteiger partial charge in [0.05, 0.1) is 39.4 Å². The van der Waals surface area contributed by atoms with Gasteiger partial charge in [0.2, 0.25) is 0 Å². The average molecular weight is 471 g/mol. The molecule has 6 rings (SSSR count). The van der Waals surface area contributed by atoms with E-state index >= 15 is 4.39 Å². The SMILES string of the molecule is Cc1ccc(-c2nccc3[nH]c(-c4n[nH]c5cnc(-c6cncc(N(C)C)c6)c(F)c45)nc23)s1. The van der Waals surface area contributed by atoms with Crippen molar-refractivity contribution in [2.75, 3.05) is 19.0 Å². The number of aryl methyl sites for hydroxylation is 1. The zero-order valence-electron chi connectivity index (χ0n) is 18.6. The van der Waals surface area contributed by atoms with Gasteiger partial charge in [-0.2, -0.15) is 5.10 Å². The number of nitrogens with zero attached hydrogens (tertiary/aromatic N) is 6. The van der Waals surface area contributed by atoms with Gasteiger partial charge in [0.1, 0.15) is 22.6 Å². The summed E-state index contributed by atoms with van der Waals surface area (Å²) in [7, 11) is 3.81. The van der Waals surface area contributed by atoms with E-state index in [-0.39, 0.29) is 5.69 Å². The summed E-state index contributed by atoms with van der Waals surface area (Å²) in [5.41, 5.74) is 4.83. The van der Waals surface area contributed by atoms with Gasteiger partial charge in [-0.15, -0.1) is 11.3 Å². The molecule has 6 aromatic heterocycles. The molecular weight excluding hydrogens is 451 g/mol. The highest BCUT2D eigenvalue weighted by molar-refractivity contribution is 7.15. The van der Waals surface area contributed by atoms with Gasteiger partial charge in [0.15, 0.2) is 11.6 Å². The molecule has 168 valence electrons. The summed E-state index contributed by atoms with van der Waals surface area (Å²) in [6.45, 7) is 2.05. The van der Waals surface area contributed by atoms with Crippen LogP contribution in [0.15, 0.2) is 49.1 Å². The zero-order chi connectivity index (χ0) is 23.4. The lowest BCUT2D eigenvalue weighted by Gasteiger charge is -2.13. The number of hydrogen-bond acceptors (Lipinski definition) is 7. The number of hydrogen-bond donors (Lipinski definition) is 2. The number of anilines is 1. The standard InChI is InChI=1S/C24H19FN8S/c1-12-4-5-17(34-12)22-21-15(6-7-27-22)29-24(30-21)23-18-16(31-32-23)11-28-20(19(18)25)13-8-14(33(2)3)10-26-9-13/h4-11H,1-3H3,(H,29,30)(H,31,32). The Morgan fingerprint density at radius 3 is 2.65 bits per heavy atom.